The molecule has 3 rings (SSSR count). The molecule has 3 aromatic rings. The summed E-state index contributed by atoms with van der Waals surface area (Å²) in [5.74, 6) is 0. The van der Waals surface area contributed by atoms with E-state index in [0.29, 0.717) is 5.39 Å². The highest BCUT2D eigenvalue weighted by molar-refractivity contribution is 6.05. The second-order valence-corrected chi connectivity index (χ2v) is 4.81. The molecule has 0 saturated heterocycles. The Morgan fingerprint density at radius 1 is 0.950 bits per heavy atom. The van der Waals surface area contributed by atoms with Crippen LogP contribution in [0.4, 0.5) is 0 Å². The lowest BCUT2D eigenvalue weighted by atomic mass is 10.1. The van der Waals surface area contributed by atoms with E-state index < -0.39 is 6.10 Å². The minimum absolute atomic E-state index is 0.0840. The first kappa shape index (κ1) is 12.8. The van der Waals surface area contributed by atoms with Crippen LogP contribution in [-0.2, 0) is 6.54 Å². The first-order chi connectivity index (χ1) is 9.72. The van der Waals surface area contributed by atoms with Gasteiger partial charge in [0, 0.05) is 10.8 Å². The molecular weight excluding hydrogens is 254 g/mol. The fourth-order valence-corrected chi connectivity index (χ4v) is 2.55. The van der Waals surface area contributed by atoms with Crippen molar-refractivity contribution in [3.05, 3.63) is 58.9 Å². The topological polar surface area (TPSA) is 62.5 Å². The van der Waals surface area contributed by atoms with Crippen LogP contribution in [0.25, 0.3) is 21.7 Å². The van der Waals surface area contributed by atoms with E-state index in [4.69, 9.17) is 5.11 Å². The average Bonchev–Trinajstić information content (AvgIpc) is 2.51. The first-order valence-electron chi connectivity index (χ1n) is 6.51. The van der Waals surface area contributed by atoms with Gasteiger partial charge >= 0.3 is 0 Å². The molecule has 102 valence electrons. The van der Waals surface area contributed by atoms with E-state index >= 15 is 0 Å². The monoisotopic (exact) mass is 269 g/mol. The van der Waals surface area contributed by atoms with Crippen LogP contribution < -0.4 is 5.56 Å². The normalized spacial score (nSPS) is 12.9. The zero-order valence-electron chi connectivity index (χ0n) is 10.9. The van der Waals surface area contributed by atoms with Crippen LogP contribution in [0.2, 0.25) is 0 Å². The molecular formula is C16H15NO3. The Bertz CT molecular complexity index is 823. The number of hydrogen-bond donors (Lipinski definition) is 2. The number of benzene rings is 2. The fraction of sp³-hybridized carbons (Fsp3) is 0.188. The Hall–Kier alpha value is -2.17. The SMILES string of the molecule is O=c1c2ccccc2c2ccccc2n1CC(O)CO. The number of aliphatic hydroxyl groups is 2. The Kier molecular flexibility index (Phi) is 3.26. The standard InChI is InChI=1S/C16H15NO3/c18-10-11(19)9-17-15-8-4-3-6-13(15)12-5-1-2-7-14(12)16(17)20/h1-8,11,18-19H,9-10H2. The number of rotatable bonds is 3. The molecule has 0 fully saturated rings. The Balaban J connectivity index is 2.41. The van der Waals surface area contributed by atoms with Crippen LogP contribution in [-0.4, -0.2) is 27.5 Å². The number of pyridine rings is 1. The minimum atomic E-state index is -0.947. The molecule has 4 nitrogen and oxygen atoms in total. The van der Waals surface area contributed by atoms with Crippen molar-refractivity contribution in [2.75, 3.05) is 6.61 Å². The maximum absolute atomic E-state index is 12.6. The van der Waals surface area contributed by atoms with Crippen molar-refractivity contribution >= 4 is 21.7 Å². The van der Waals surface area contributed by atoms with Gasteiger partial charge in [0.05, 0.1) is 24.8 Å². The predicted molar refractivity (Wildman–Crippen MR) is 78.8 cm³/mol. The lowest BCUT2D eigenvalue weighted by molar-refractivity contribution is 0.0815. The minimum Gasteiger partial charge on any atom is -0.394 e. The van der Waals surface area contributed by atoms with Crippen LogP contribution in [0.1, 0.15) is 0 Å². The van der Waals surface area contributed by atoms with E-state index in [0.717, 1.165) is 16.3 Å². The molecule has 4 heteroatoms. The van der Waals surface area contributed by atoms with Gasteiger partial charge < -0.3 is 14.8 Å². The van der Waals surface area contributed by atoms with Gasteiger partial charge in [0.25, 0.3) is 5.56 Å². The van der Waals surface area contributed by atoms with Gasteiger partial charge in [-0.15, -0.1) is 0 Å². The molecule has 0 saturated carbocycles. The molecule has 0 radical (unpaired) electrons. The molecule has 2 aromatic carbocycles. The summed E-state index contributed by atoms with van der Waals surface area (Å²) in [5, 5.41) is 21.2. The van der Waals surface area contributed by atoms with E-state index in [1.165, 1.54) is 4.57 Å². The maximum atomic E-state index is 12.6. The lowest BCUT2D eigenvalue weighted by Crippen LogP contribution is -2.29. The van der Waals surface area contributed by atoms with Crippen molar-refractivity contribution in [1.82, 2.24) is 4.57 Å². The fourth-order valence-electron chi connectivity index (χ4n) is 2.55. The number of para-hydroxylation sites is 1. The van der Waals surface area contributed by atoms with E-state index in [-0.39, 0.29) is 18.7 Å². The van der Waals surface area contributed by atoms with Gasteiger partial charge in [-0.3, -0.25) is 4.79 Å². The van der Waals surface area contributed by atoms with E-state index in [2.05, 4.69) is 0 Å². The third kappa shape index (κ3) is 1.99. The molecule has 20 heavy (non-hydrogen) atoms. The zero-order valence-corrected chi connectivity index (χ0v) is 10.9. The first-order valence-corrected chi connectivity index (χ1v) is 6.51. The van der Waals surface area contributed by atoms with Crippen molar-refractivity contribution in [1.29, 1.82) is 0 Å². The third-order valence-electron chi connectivity index (χ3n) is 3.49. The average molecular weight is 269 g/mol. The number of aliphatic hydroxyl groups excluding tert-OH is 2. The van der Waals surface area contributed by atoms with Crippen LogP contribution in [0.3, 0.4) is 0 Å². The Labute approximate surface area is 115 Å². The summed E-state index contributed by atoms with van der Waals surface area (Å²) in [7, 11) is 0. The highest BCUT2D eigenvalue weighted by atomic mass is 16.3. The highest BCUT2D eigenvalue weighted by Crippen LogP contribution is 2.22. The molecule has 2 N–H and O–H groups in total. The zero-order chi connectivity index (χ0) is 14.1. The summed E-state index contributed by atoms with van der Waals surface area (Å²) in [6.07, 6.45) is -0.947. The summed E-state index contributed by atoms with van der Waals surface area (Å²) in [6.45, 7) is -0.283. The van der Waals surface area contributed by atoms with Crippen LogP contribution in [0.15, 0.2) is 53.3 Å². The summed E-state index contributed by atoms with van der Waals surface area (Å²) in [4.78, 5) is 12.6. The molecule has 0 bridgehead atoms. The lowest BCUT2D eigenvalue weighted by Gasteiger charge is -2.15. The van der Waals surface area contributed by atoms with E-state index in [1.807, 2.05) is 42.5 Å². The maximum Gasteiger partial charge on any atom is 0.259 e. The van der Waals surface area contributed by atoms with Crippen molar-refractivity contribution < 1.29 is 10.2 Å². The molecule has 1 atom stereocenters. The number of hydrogen-bond acceptors (Lipinski definition) is 3. The number of aromatic nitrogens is 1. The molecule has 1 heterocycles. The second kappa shape index (κ2) is 5.07. The summed E-state index contributed by atoms with van der Waals surface area (Å²) in [5.41, 5.74) is 0.621. The van der Waals surface area contributed by atoms with Gasteiger partial charge in [0.15, 0.2) is 0 Å². The summed E-state index contributed by atoms with van der Waals surface area (Å²) in [6, 6.07) is 15.0. The van der Waals surface area contributed by atoms with E-state index in [1.54, 1.807) is 6.07 Å². The second-order valence-electron chi connectivity index (χ2n) is 4.81. The molecule has 0 aliphatic carbocycles. The molecule has 1 unspecified atom stereocenters. The van der Waals surface area contributed by atoms with Gasteiger partial charge in [-0.25, -0.2) is 0 Å². The Morgan fingerprint density at radius 2 is 1.55 bits per heavy atom. The van der Waals surface area contributed by atoms with E-state index in [9.17, 15) is 9.90 Å². The van der Waals surface area contributed by atoms with Gasteiger partial charge in [0.2, 0.25) is 0 Å². The molecule has 0 spiro atoms. The largest absolute Gasteiger partial charge is 0.394 e. The van der Waals surface area contributed by atoms with Crippen molar-refractivity contribution in [3.63, 3.8) is 0 Å². The van der Waals surface area contributed by atoms with Gasteiger partial charge in [0.1, 0.15) is 0 Å². The molecule has 0 aliphatic heterocycles. The van der Waals surface area contributed by atoms with Gasteiger partial charge in [-0.05, 0) is 17.5 Å². The van der Waals surface area contributed by atoms with Crippen molar-refractivity contribution in [2.45, 2.75) is 12.6 Å². The van der Waals surface area contributed by atoms with Gasteiger partial charge in [-0.1, -0.05) is 36.4 Å². The summed E-state index contributed by atoms with van der Waals surface area (Å²) >= 11 is 0. The molecule has 0 amide bonds. The predicted octanol–water partition coefficient (Wildman–Crippen LogP) is 1.51. The quantitative estimate of drug-likeness (QED) is 0.708. The van der Waals surface area contributed by atoms with Crippen molar-refractivity contribution in [3.8, 4) is 0 Å². The molecule has 0 aliphatic rings. The highest BCUT2D eigenvalue weighted by Gasteiger charge is 2.12. The van der Waals surface area contributed by atoms with Crippen LogP contribution in [0.5, 0.6) is 0 Å². The van der Waals surface area contributed by atoms with Gasteiger partial charge in [-0.2, -0.15) is 0 Å². The molecule has 1 aromatic heterocycles. The smallest absolute Gasteiger partial charge is 0.259 e. The Morgan fingerprint density at radius 3 is 2.25 bits per heavy atom. The number of nitrogens with zero attached hydrogens (tertiary/aromatic N) is 1. The third-order valence-corrected chi connectivity index (χ3v) is 3.49. The van der Waals surface area contributed by atoms with Crippen LogP contribution >= 0.6 is 0 Å². The van der Waals surface area contributed by atoms with Crippen molar-refractivity contribution in [2.24, 2.45) is 0 Å². The summed E-state index contributed by atoms with van der Waals surface area (Å²) < 4.78 is 1.53. The van der Waals surface area contributed by atoms with Crippen LogP contribution in [0, 0.1) is 0 Å². The number of fused-ring (bicyclic) bond motifs is 3.